The fourth-order valence-corrected chi connectivity index (χ4v) is 2.48. The number of aliphatic hydroxyl groups is 1. The summed E-state index contributed by atoms with van der Waals surface area (Å²) in [5.41, 5.74) is 3.81. The number of rotatable bonds is 7. The third-order valence-electron chi connectivity index (χ3n) is 3.68. The van der Waals surface area contributed by atoms with Crippen LogP contribution in [0.5, 0.6) is 0 Å². The third-order valence-corrected chi connectivity index (χ3v) is 3.68. The monoisotopic (exact) mass is 320 g/mol. The van der Waals surface area contributed by atoms with Crippen LogP contribution in [0.1, 0.15) is 22.6 Å². The van der Waals surface area contributed by atoms with E-state index in [2.05, 4.69) is 19.9 Å². The zero-order chi connectivity index (χ0) is 16.6. The number of hydrogen-bond donors (Lipinski definition) is 1. The molecule has 0 saturated carbocycles. The molecule has 0 unspecified atom stereocenters. The van der Waals surface area contributed by atoms with Gasteiger partial charge in [0.25, 0.3) is 0 Å². The van der Waals surface area contributed by atoms with Gasteiger partial charge < -0.3 is 5.11 Å². The molecule has 1 N–H and O–H groups in total. The average molecular weight is 320 g/mol. The molecule has 0 saturated heterocycles. The van der Waals surface area contributed by atoms with Crippen molar-refractivity contribution in [1.29, 1.82) is 0 Å². The maximum Gasteiger partial charge on any atom is 0.0696 e. The summed E-state index contributed by atoms with van der Waals surface area (Å²) in [7, 11) is 0. The molecule has 0 aliphatic rings. The minimum atomic E-state index is 0.0128. The number of aromatic nitrogens is 3. The van der Waals surface area contributed by atoms with Gasteiger partial charge in [-0.1, -0.05) is 18.2 Å². The van der Waals surface area contributed by atoms with E-state index >= 15 is 0 Å². The van der Waals surface area contributed by atoms with Gasteiger partial charge in [-0.05, 0) is 35.9 Å². The Balaban J connectivity index is 1.75. The minimum absolute atomic E-state index is 0.0128. The molecule has 122 valence electrons. The minimum Gasteiger partial charge on any atom is -0.392 e. The summed E-state index contributed by atoms with van der Waals surface area (Å²) >= 11 is 0. The van der Waals surface area contributed by atoms with Gasteiger partial charge in [-0.2, -0.15) is 0 Å². The van der Waals surface area contributed by atoms with Crippen molar-refractivity contribution < 1.29 is 5.11 Å². The molecule has 5 heteroatoms. The van der Waals surface area contributed by atoms with Crippen molar-refractivity contribution in [2.75, 3.05) is 0 Å². The van der Waals surface area contributed by atoms with Gasteiger partial charge in [0, 0.05) is 38.2 Å². The summed E-state index contributed by atoms with van der Waals surface area (Å²) < 4.78 is 0. The Morgan fingerprint density at radius 1 is 0.708 bits per heavy atom. The van der Waals surface area contributed by atoms with E-state index in [1.807, 2.05) is 60.9 Å². The van der Waals surface area contributed by atoms with E-state index < -0.39 is 0 Å². The van der Waals surface area contributed by atoms with Gasteiger partial charge in [-0.3, -0.25) is 19.9 Å². The van der Waals surface area contributed by atoms with Crippen LogP contribution >= 0.6 is 0 Å². The standard InChI is InChI=1S/C19H20N4O/c24-15-16-7-8-19(22-11-16)14-23(12-17-5-1-3-9-20-17)13-18-6-2-4-10-21-18/h1-11,24H,12-15H2. The summed E-state index contributed by atoms with van der Waals surface area (Å²) in [6, 6.07) is 15.7. The predicted octanol–water partition coefficient (Wildman–Crippen LogP) is 2.57. The molecule has 0 aliphatic carbocycles. The number of nitrogens with zero attached hydrogens (tertiary/aromatic N) is 4. The SMILES string of the molecule is OCc1ccc(CN(Cc2ccccn2)Cc2ccccn2)nc1. The van der Waals surface area contributed by atoms with Gasteiger partial charge in [-0.25, -0.2) is 0 Å². The second kappa shape index (κ2) is 8.29. The van der Waals surface area contributed by atoms with Crippen LogP contribution in [0.15, 0.2) is 67.1 Å². The molecule has 24 heavy (non-hydrogen) atoms. The Bertz CT molecular complexity index is 691. The first-order chi connectivity index (χ1) is 11.8. The van der Waals surface area contributed by atoms with Gasteiger partial charge >= 0.3 is 0 Å². The molecule has 0 amide bonds. The summed E-state index contributed by atoms with van der Waals surface area (Å²) in [4.78, 5) is 15.5. The van der Waals surface area contributed by atoms with E-state index in [0.29, 0.717) is 6.54 Å². The van der Waals surface area contributed by atoms with Crippen LogP contribution in [0.3, 0.4) is 0 Å². The van der Waals surface area contributed by atoms with Crippen LogP contribution in [-0.2, 0) is 26.2 Å². The zero-order valence-electron chi connectivity index (χ0n) is 13.4. The van der Waals surface area contributed by atoms with E-state index in [4.69, 9.17) is 5.11 Å². The topological polar surface area (TPSA) is 62.1 Å². The highest BCUT2D eigenvalue weighted by atomic mass is 16.3. The molecule has 0 radical (unpaired) electrons. The quantitative estimate of drug-likeness (QED) is 0.725. The van der Waals surface area contributed by atoms with Gasteiger partial charge in [0.1, 0.15) is 0 Å². The predicted molar refractivity (Wildman–Crippen MR) is 91.6 cm³/mol. The Kier molecular flexibility index (Phi) is 5.61. The molecule has 0 spiro atoms. The van der Waals surface area contributed by atoms with E-state index in [1.54, 1.807) is 6.20 Å². The lowest BCUT2D eigenvalue weighted by molar-refractivity contribution is 0.238. The van der Waals surface area contributed by atoms with Crippen LogP contribution in [-0.4, -0.2) is 25.0 Å². The Morgan fingerprint density at radius 2 is 1.29 bits per heavy atom. The number of pyridine rings is 3. The first-order valence-corrected chi connectivity index (χ1v) is 7.90. The summed E-state index contributed by atoms with van der Waals surface area (Å²) in [5, 5.41) is 9.13. The molecular weight excluding hydrogens is 300 g/mol. The maximum absolute atomic E-state index is 9.13. The Morgan fingerprint density at radius 3 is 1.71 bits per heavy atom. The van der Waals surface area contributed by atoms with E-state index in [-0.39, 0.29) is 6.61 Å². The van der Waals surface area contributed by atoms with Gasteiger partial charge in [0.05, 0.1) is 23.7 Å². The van der Waals surface area contributed by atoms with Crippen molar-refractivity contribution >= 4 is 0 Å². The molecule has 0 aromatic carbocycles. The molecule has 0 bridgehead atoms. The van der Waals surface area contributed by atoms with Crippen molar-refractivity contribution in [2.45, 2.75) is 26.2 Å². The normalized spacial score (nSPS) is 10.9. The second-order valence-electron chi connectivity index (χ2n) is 5.60. The van der Waals surface area contributed by atoms with Crippen LogP contribution in [0.2, 0.25) is 0 Å². The van der Waals surface area contributed by atoms with Crippen LogP contribution in [0.25, 0.3) is 0 Å². The molecule has 0 atom stereocenters. The van der Waals surface area contributed by atoms with Crippen molar-refractivity contribution in [3.63, 3.8) is 0 Å². The van der Waals surface area contributed by atoms with Gasteiger partial charge in [-0.15, -0.1) is 0 Å². The number of hydrogen-bond acceptors (Lipinski definition) is 5. The molecule has 0 fully saturated rings. The smallest absolute Gasteiger partial charge is 0.0696 e. The average Bonchev–Trinajstić information content (AvgIpc) is 2.64. The molecular formula is C19H20N4O. The fourth-order valence-electron chi connectivity index (χ4n) is 2.48. The first-order valence-electron chi connectivity index (χ1n) is 7.90. The summed E-state index contributed by atoms with van der Waals surface area (Å²) in [6.45, 7) is 2.15. The highest BCUT2D eigenvalue weighted by Gasteiger charge is 2.10. The van der Waals surface area contributed by atoms with E-state index in [0.717, 1.165) is 35.7 Å². The van der Waals surface area contributed by atoms with Crippen molar-refractivity contribution in [1.82, 2.24) is 19.9 Å². The Hall–Kier alpha value is -2.63. The van der Waals surface area contributed by atoms with Gasteiger partial charge in [0.15, 0.2) is 0 Å². The first kappa shape index (κ1) is 16.2. The maximum atomic E-state index is 9.13. The highest BCUT2D eigenvalue weighted by molar-refractivity contribution is 5.14. The molecule has 3 aromatic rings. The zero-order valence-corrected chi connectivity index (χ0v) is 13.4. The molecule has 3 rings (SSSR count). The lowest BCUT2D eigenvalue weighted by Gasteiger charge is -2.21. The van der Waals surface area contributed by atoms with Crippen molar-refractivity contribution in [3.05, 3.63) is 89.8 Å². The summed E-state index contributed by atoms with van der Waals surface area (Å²) in [5.74, 6) is 0. The number of aliphatic hydroxyl groups excluding tert-OH is 1. The molecule has 3 heterocycles. The van der Waals surface area contributed by atoms with Gasteiger partial charge in [0.2, 0.25) is 0 Å². The second-order valence-corrected chi connectivity index (χ2v) is 5.60. The lowest BCUT2D eigenvalue weighted by atomic mass is 10.2. The van der Waals surface area contributed by atoms with Crippen LogP contribution in [0, 0.1) is 0 Å². The van der Waals surface area contributed by atoms with Crippen LogP contribution < -0.4 is 0 Å². The van der Waals surface area contributed by atoms with Crippen LogP contribution in [0.4, 0.5) is 0 Å². The Labute approximate surface area is 141 Å². The summed E-state index contributed by atoms with van der Waals surface area (Å²) in [6.07, 6.45) is 5.33. The largest absolute Gasteiger partial charge is 0.392 e. The van der Waals surface area contributed by atoms with E-state index in [9.17, 15) is 0 Å². The fraction of sp³-hybridized carbons (Fsp3) is 0.211. The third kappa shape index (κ3) is 4.68. The molecule has 3 aromatic heterocycles. The molecule has 5 nitrogen and oxygen atoms in total. The lowest BCUT2D eigenvalue weighted by Crippen LogP contribution is -2.24. The molecule has 0 aliphatic heterocycles. The highest BCUT2D eigenvalue weighted by Crippen LogP contribution is 2.11. The van der Waals surface area contributed by atoms with Crippen molar-refractivity contribution in [3.8, 4) is 0 Å². The van der Waals surface area contributed by atoms with Crippen molar-refractivity contribution in [2.24, 2.45) is 0 Å². The van der Waals surface area contributed by atoms with E-state index in [1.165, 1.54) is 0 Å².